The van der Waals surface area contributed by atoms with Gasteiger partial charge < -0.3 is 15.2 Å². The number of ether oxygens (including phenoxy) is 2. The van der Waals surface area contributed by atoms with Gasteiger partial charge in [-0.25, -0.2) is 4.68 Å². The molecule has 0 saturated heterocycles. The van der Waals surface area contributed by atoms with Crippen LogP contribution in [-0.2, 0) is 23.3 Å². The van der Waals surface area contributed by atoms with Crippen LogP contribution in [0.2, 0.25) is 0 Å². The van der Waals surface area contributed by atoms with Crippen LogP contribution in [-0.4, -0.2) is 29.9 Å². The number of amides is 1. The van der Waals surface area contributed by atoms with Crippen LogP contribution in [0.5, 0.6) is 5.75 Å². The molecule has 2 N–H and O–H groups in total. The normalized spacial score (nSPS) is 17.7. The van der Waals surface area contributed by atoms with Gasteiger partial charge >= 0.3 is 0 Å². The van der Waals surface area contributed by atoms with Gasteiger partial charge in [0, 0.05) is 24.5 Å². The molecule has 0 spiro atoms. The van der Waals surface area contributed by atoms with Crippen LogP contribution in [0.3, 0.4) is 0 Å². The lowest BCUT2D eigenvalue weighted by Gasteiger charge is -2.35. The van der Waals surface area contributed by atoms with Gasteiger partial charge in [0.05, 0.1) is 12.8 Å². The Morgan fingerprint density at radius 2 is 1.79 bits per heavy atom. The zero-order chi connectivity index (χ0) is 20.4. The number of carbonyl (C=O) groups is 1. The maximum absolute atomic E-state index is 11.9. The van der Waals surface area contributed by atoms with Crippen molar-refractivity contribution < 1.29 is 14.3 Å². The first-order valence-corrected chi connectivity index (χ1v) is 9.37. The van der Waals surface area contributed by atoms with E-state index in [1.807, 2.05) is 36.4 Å². The lowest BCUT2D eigenvalue weighted by atomic mass is 9.68. The molecule has 0 fully saturated rings. The first-order chi connectivity index (χ1) is 14.1. The van der Waals surface area contributed by atoms with Crippen molar-refractivity contribution in [3.05, 3.63) is 88.8 Å². The molecule has 0 radical (unpaired) electrons. The number of methoxy groups -OCH3 is 2. The van der Waals surface area contributed by atoms with Gasteiger partial charge in [-0.2, -0.15) is 5.10 Å². The maximum atomic E-state index is 11.9. The number of benzene rings is 2. The van der Waals surface area contributed by atoms with Crippen molar-refractivity contribution in [3.8, 4) is 5.75 Å². The molecule has 1 aliphatic rings. The van der Waals surface area contributed by atoms with Crippen LogP contribution in [0.15, 0.2) is 60.7 Å². The van der Waals surface area contributed by atoms with E-state index in [1.165, 1.54) is 0 Å². The molecule has 4 rings (SSSR count). The summed E-state index contributed by atoms with van der Waals surface area (Å²) in [5, 5.41) is 4.41. The number of allylic oxidation sites excluding steroid dienone is 1. The second kappa shape index (κ2) is 7.56. The Bertz CT molecular complexity index is 1050. The third-order valence-electron chi connectivity index (χ3n) is 5.46. The summed E-state index contributed by atoms with van der Waals surface area (Å²) < 4.78 is 12.4. The minimum Gasteiger partial charge on any atom is -0.497 e. The fourth-order valence-electron chi connectivity index (χ4n) is 4.02. The van der Waals surface area contributed by atoms with Crippen LogP contribution in [0.25, 0.3) is 6.08 Å². The summed E-state index contributed by atoms with van der Waals surface area (Å²) in [7, 11) is 3.26. The van der Waals surface area contributed by atoms with E-state index in [0.29, 0.717) is 6.42 Å². The Morgan fingerprint density at radius 3 is 2.41 bits per heavy atom. The topological polar surface area (TPSA) is 79.4 Å². The maximum Gasteiger partial charge on any atom is 0.269 e. The summed E-state index contributed by atoms with van der Waals surface area (Å²) in [5.41, 5.74) is 9.37. The average Bonchev–Trinajstić information content (AvgIpc) is 3.12. The minimum atomic E-state index is -0.544. The van der Waals surface area contributed by atoms with Gasteiger partial charge in [-0.1, -0.05) is 54.6 Å². The predicted molar refractivity (Wildman–Crippen MR) is 111 cm³/mol. The van der Waals surface area contributed by atoms with Crippen LogP contribution < -0.4 is 10.5 Å². The van der Waals surface area contributed by atoms with E-state index in [2.05, 4.69) is 35.4 Å². The molecule has 0 saturated carbocycles. The molecule has 0 aliphatic heterocycles. The van der Waals surface area contributed by atoms with Crippen molar-refractivity contribution in [1.29, 1.82) is 0 Å². The zero-order valence-corrected chi connectivity index (χ0v) is 16.5. The first-order valence-electron chi connectivity index (χ1n) is 9.37. The first kappa shape index (κ1) is 19.0. The van der Waals surface area contributed by atoms with Gasteiger partial charge in [-0.05, 0) is 23.3 Å². The van der Waals surface area contributed by atoms with Gasteiger partial charge in [0.1, 0.15) is 12.5 Å². The number of rotatable bonds is 6. The van der Waals surface area contributed by atoms with Crippen LogP contribution >= 0.6 is 0 Å². The fraction of sp³-hybridized carbons (Fsp3) is 0.217. The van der Waals surface area contributed by atoms with Crippen molar-refractivity contribution in [3.63, 3.8) is 0 Å². The van der Waals surface area contributed by atoms with E-state index >= 15 is 0 Å². The molecule has 6 heteroatoms. The van der Waals surface area contributed by atoms with Crippen LogP contribution in [0, 0.1) is 0 Å². The third-order valence-corrected chi connectivity index (χ3v) is 5.46. The molecule has 1 aromatic heterocycles. The highest BCUT2D eigenvalue weighted by Gasteiger charge is 2.38. The number of primary amides is 1. The zero-order valence-electron chi connectivity index (χ0n) is 16.5. The Balaban J connectivity index is 1.91. The Kier molecular flexibility index (Phi) is 4.94. The molecule has 1 unspecified atom stereocenters. The molecular formula is C23H23N3O3. The van der Waals surface area contributed by atoms with Crippen LogP contribution in [0.1, 0.15) is 32.9 Å². The average molecular weight is 389 g/mol. The molecule has 6 nitrogen and oxygen atoms in total. The number of nitrogens with zero attached hydrogens (tertiary/aromatic N) is 2. The van der Waals surface area contributed by atoms with E-state index < -0.39 is 11.3 Å². The number of fused-ring (bicyclic) bond motifs is 1. The molecule has 29 heavy (non-hydrogen) atoms. The minimum absolute atomic E-state index is 0.247. The number of hydrogen-bond donors (Lipinski definition) is 1. The van der Waals surface area contributed by atoms with Gasteiger partial charge in [0.2, 0.25) is 0 Å². The number of aromatic nitrogens is 2. The molecule has 1 heterocycles. The van der Waals surface area contributed by atoms with E-state index in [0.717, 1.165) is 28.1 Å². The van der Waals surface area contributed by atoms with Gasteiger partial charge in [-0.3, -0.25) is 4.79 Å². The molecule has 3 aromatic rings. The lowest BCUT2D eigenvalue weighted by molar-refractivity contribution is 0.0985. The number of carbonyl (C=O) groups excluding carboxylic acids is 1. The summed E-state index contributed by atoms with van der Waals surface area (Å²) in [4.78, 5) is 11.9. The highest BCUT2D eigenvalue weighted by molar-refractivity contribution is 5.95. The number of nitrogens with two attached hydrogens (primary N) is 1. The molecule has 1 amide bonds. The highest BCUT2D eigenvalue weighted by atomic mass is 16.5. The van der Waals surface area contributed by atoms with Crippen molar-refractivity contribution >= 4 is 12.0 Å². The molecule has 0 bridgehead atoms. The van der Waals surface area contributed by atoms with Crippen molar-refractivity contribution in [1.82, 2.24) is 9.78 Å². The second-order valence-electron chi connectivity index (χ2n) is 7.07. The highest BCUT2D eigenvalue weighted by Crippen LogP contribution is 2.42. The van der Waals surface area contributed by atoms with E-state index in [4.69, 9.17) is 15.2 Å². The monoisotopic (exact) mass is 389 g/mol. The Morgan fingerprint density at radius 1 is 1.10 bits per heavy atom. The SMILES string of the molecule is COCn1nc(C(N)=O)c2c1CC(c1ccccc1)(c1ccc(OC)cc1)C=C2. The molecular weight excluding hydrogens is 366 g/mol. The summed E-state index contributed by atoms with van der Waals surface area (Å²) in [6.07, 6.45) is 4.71. The van der Waals surface area contributed by atoms with Crippen molar-refractivity contribution in [2.24, 2.45) is 5.73 Å². The molecule has 148 valence electrons. The predicted octanol–water partition coefficient (Wildman–Crippen LogP) is 3.15. The lowest BCUT2D eigenvalue weighted by Crippen LogP contribution is -2.31. The summed E-state index contributed by atoms with van der Waals surface area (Å²) in [6.45, 7) is 0.247. The quantitative estimate of drug-likeness (QED) is 0.702. The number of hydrogen-bond acceptors (Lipinski definition) is 4. The largest absolute Gasteiger partial charge is 0.497 e. The standard InChI is InChI=1S/C23H23N3O3/c1-28-15-26-20-14-23(16-6-4-3-5-7-16,17-8-10-18(29-2)11-9-17)13-12-19(20)21(25-26)22(24)27/h3-13H,14-15H2,1-2H3,(H2,24,27). The summed E-state index contributed by atoms with van der Waals surface area (Å²) in [5.74, 6) is 0.260. The smallest absolute Gasteiger partial charge is 0.269 e. The van der Waals surface area contributed by atoms with E-state index in [9.17, 15) is 4.79 Å². The third kappa shape index (κ3) is 3.21. The fourth-order valence-corrected chi connectivity index (χ4v) is 4.02. The van der Waals surface area contributed by atoms with Gasteiger partial charge in [-0.15, -0.1) is 0 Å². The van der Waals surface area contributed by atoms with Crippen LogP contribution in [0.4, 0.5) is 0 Å². The summed E-state index contributed by atoms with van der Waals surface area (Å²) in [6, 6.07) is 18.4. The van der Waals surface area contributed by atoms with Crippen molar-refractivity contribution in [2.45, 2.75) is 18.6 Å². The van der Waals surface area contributed by atoms with E-state index in [-0.39, 0.29) is 12.4 Å². The van der Waals surface area contributed by atoms with E-state index in [1.54, 1.807) is 18.9 Å². The Hall–Kier alpha value is -3.38. The second-order valence-corrected chi connectivity index (χ2v) is 7.07. The van der Waals surface area contributed by atoms with Gasteiger partial charge in [0.25, 0.3) is 5.91 Å². The molecule has 1 atom stereocenters. The van der Waals surface area contributed by atoms with Crippen molar-refractivity contribution in [2.75, 3.05) is 14.2 Å². The Labute approximate surface area is 169 Å². The molecule has 1 aliphatic carbocycles. The summed E-state index contributed by atoms with van der Waals surface area (Å²) >= 11 is 0. The van der Waals surface area contributed by atoms with Gasteiger partial charge in [0.15, 0.2) is 5.69 Å². The molecule has 2 aromatic carbocycles.